The van der Waals surface area contributed by atoms with Gasteiger partial charge in [-0.1, -0.05) is 18.1 Å². The average molecular weight is 403 g/mol. The Bertz CT molecular complexity index is 1060. The van der Waals surface area contributed by atoms with Gasteiger partial charge in [0.1, 0.15) is 12.3 Å². The van der Waals surface area contributed by atoms with Crippen LogP contribution in [0.3, 0.4) is 0 Å². The van der Waals surface area contributed by atoms with E-state index < -0.39 is 0 Å². The first-order chi connectivity index (χ1) is 14.7. The Hall–Kier alpha value is -3.41. The first kappa shape index (κ1) is 19.9. The number of aromatic nitrogens is 4. The predicted molar refractivity (Wildman–Crippen MR) is 116 cm³/mol. The van der Waals surface area contributed by atoms with Crippen molar-refractivity contribution in [2.75, 3.05) is 38.5 Å². The lowest BCUT2D eigenvalue weighted by Crippen LogP contribution is -2.43. The molecule has 0 radical (unpaired) electrons. The molecule has 154 valence electrons. The van der Waals surface area contributed by atoms with Gasteiger partial charge in [-0.15, -0.1) is 16.1 Å². The molecule has 0 aliphatic carbocycles. The summed E-state index contributed by atoms with van der Waals surface area (Å²) in [7, 11) is 0. The van der Waals surface area contributed by atoms with Gasteiger partial charge in [0.25, 0.3) is 0 Å². The number of aromatic hydroxyl groups is 1. The van der Waals surface area contributed by atoms with Crippen LogP contribution >= 0.6 is 0 Å². The minimum atomic E-state index is 0.148. The van der Waals surface area contributed by atoms with Crippen molar-refractivity contribution in [2.24, 2.45) is 0 Å². The van der Waals surface area contributed by atoms with Crippen molar-refractivity contribution in [3.05, 3.63) is 42.7 Å². The summed E-state index contributed by atoms with van der Waals surface area (Å²) in [6, 6.07) is 8.83. The largest absolute Gasteiger partial charge is 0.507 e. The second-order valence-electron chi connectivity index (χ2n) is 7.17. The molecule has 1 aliphatic heterocycles. The van der Waals surface area contributed by atoms with E-state index in [1.54, 1.807) is 29.1 Å². The molecule has 30 heavy (non-hydrogen) atoms. The number of anilines is 1. The third-order valence-electron chi connectivity index (χ3n) is 5.08. The number of nitrogens with two attached hydrogens (primary N) is 1. The van der Waals surface area contributed by atoms with Gasteiger partial charge in [-0.05, 0) is 18.2 Å². The smallest absolute Gasteiger partial charge is 0.154 e. The van der Waals surface area contributed by atoms with Gasteiger partial charge in [0.2, 0.25) is 0 Å². The standard InChI is InChI=1S/C22H25N7O/c23-22-19(14-20(26-27-22)18-6-2-3-7-21(18)30)17-15-25-29(16-17)11-5-1-4-10-28-12-8-24-9-13-28/h2-3,6-7,14-16,24,30H,4,8-13H2,(H2,23,27). The van der Waals surface area contributed by atoms with Crippen LogP contribution in [0.4, 0.5) is 5.82 Å². The van der Waals surface area contributed by atoms with Gasteiger partial charge in [-0.2, -0.15) is 5.10 Å². The van der Waals surface area contributed by atoms with Crippen LogP contribution in [0.15, 0.2) is 42.7 Å². The molecule has 1 fully saturated rings. The van der Waals surface area contributed by atoms with E-state index in [9.17, 15) is 5.11 Å². The van der Waals surface area contributed by atoms with Gasteiger partial charge in [-0.3, -0.25) is 9.58 Å². The quantitative estimate of drug-likeness (QED) is 0.556. The molecule has 4 rings (SSSR count). The van der Waals surface area contributed by atoms with E-state index in [1.807, 2.05) is 18.3 Å². The highest BCUT2D eigenvalue weighted by Crippen LogP contribution is 2.31. The molecule has 3 aromatic rings. The zero-order chi connectivity index (χ0) is 20.8. The van der Waals surface area contributed by atoms with Crippen LogP contribution in [0.25, 0.3) is 22.4 Å². The molecule has 0 unspecified atom stereocenters. The lowest BCUT2D eigenvalue weighted by molar-refractivity contribution is 0.246. The van der Waals surface area contributed by atoms with Crippen molar-refractivity contribution in [3.63, 3.8) is 0 Å². The summed E-state index contributed by atoms with van der Waals surface area (Å²) in [4.78, 5) is 2.43. The van der Waals surface area contributed by atoms with Gasteiger partial charge < -0.3 is 16.2 Å². The molecule has 3 heterocycles. The fraction of sp³-hybridized carbons (Fsp3) is 0.318. The number of phenols is 1. The maximum atomic E-state index is 10.1. The fourth-order valence-electron chi connectivity index (χ4n) is 3.42. The third kappa shape index (κ3) is 4.76. The maximum Gasteiger partial charge on any atom is 0.154 e. The topological polar surface area (TPSA) is 105 Å². The highest BCUT2D eigenvalue weighted by Gasteiger charge is 2.12. The first-order valence-electron chi connectivity index (χ1n) is 10.0. The van der Waals surface area contributed by atoms with Gasteiger partial charge in [0.05, 0.1) is 11.9 Å². The van der Waals surface area contributed by atoms with Crippen LogP contribution in [-0.4, -0.2) is 62.7 Å². The Morgan fingerprint density at radius 2 is 1.93 bits per heavy atom. The molecule has 1 saturated heterocycles. The molecule has 0 atom stereocenters. The zero-order valence-corrected chi connectivity index (χ0v) is 16.8. The molecule has 1 aliphatic rings. The number of para-hydroxylation sites is 1. The maximum absolute atomic E-state index is 10.1. The number of nitrogens with zero attached hydrogens (tertiary/aromatic N) is 5. The van der Waals surface area contributed by atoms with Crippen molar-refractivity contribution in [1.82, 2.24) is 30.2 Å². The molecule has 2 aromatic heterocycles. The Labute approximate surface area is 175 Å². The summed E-state index contributed by atoms with van der Waals surface area (Å²) in [5.74, 6) is 6.88. The van der Waals surface area contributed by atoms with E-state index in [2.05, 4.69) is 37.4 Å². The highest BCUT2D eigenvalue weighted by atomic mass is 16.3. The van der Waals surface area contributed by atoms with Crippen molar-refractivity contribution in [1.29, 1.82) is 0 Å². The summed E-state index contributed by atoms with van der Waals surface area (Å²) < 4.78 is 1.78. The van der Waals surface area contributed by atoms with Gasteiger partial charge in [0.15, 0.2) is 5.82 Å². The van der Waals surface area contributed by atoms with Crippen molar-refractivity contribution in [2.45, 2.75) is 13.0 Å². The van der Waals surface area contributed by atoms with Gasteiger partial charge in [0, 0.05) is 62.0 Å². The molecule has 4 N–H and O–H groups in total. The van der Waals surface area contributed by atoms with E-state index in [1.165, 1.54) is 0 Å². The second-order valence-corrected chi connectivity index (χ2v) is 7.17. The van der Waals surface area contributed by atoms with Crippen LogP contribution in [0.1, 0.15) is 6.42 Å². The van der Waals surface area contributed by atoms with Crippen LogP contribution < -0.4 is 11.1 Å². The van der Waals surface area contributed by atoms with Crippen molar-refractivity contribution >= 4 is 5.82 Å². The number of phenolic OH excluding ortho intramolecular Hbond substituents is 1. The summed E-state index contributed by atoms with van der Waals surface area (Å²) in [5.41, 5.74) is 8.76. The number of rotatable bonds is 5. The molecule has 0 bridgehead atoms. The van der Waals surface area contributed by atoms with Crippen molar-refractivity contribution < 1.29 is 5.11 Å². The lowest BCUT2D eigenvalue weighted by Gasteiger charge is -2.26. The lowest BCUT2D eigenvalue weighted by atomic mass is 10.1. The average Bonchev–Trinajstić information content (AvgIpc) is 3.24. The number of nitrogens with one attached hydrogen (secondary N) is 1. The minimum Gasteiger partial charge on any atom is -0.507 e. The summed E-state index contributed by atoms with van der Waals surface area (Å²) >= 11 is 0. The van der Waals surface area contributed by atoms with Crippen LogP contribution in [-0.2, 0) is 6.54 Å². The molecule has 8 nitrogen and oxygen atoms in total. The summed E-state index contributed by atoms with van der Waals surface area (Å²) in [6.07, 6.45) is 4.50. The Morgan fingerprint density at radius 3 is 2.77 bits per heavy atom. The van der Waals surface area contributed by atoms with E-state index in [4.69, 9.17) is 5.73 Å². The molecule has 1 aromatic carbocycles. The molecular formula is C22H25N7O. The number of hydrogen-bond acceptors (Lipinski definition) is 7. The van der Waals surface area contributed by atoms with Gasteiger partial charge in [-0.25, -0.2) is 0 Å². The Kier molecular flexibility index (Phi) is 6.23. The van der Waals surface area contributed by atoms with Crippen LogP contribution in [0.2, 0.25) is 0 Å². The van der Waals surface area contributed by atoms with E-state index in [-0.39, 0.29) is 5.75 Å². The minimum absolute atomic E-state index is 0.148. The molecule has 0 amide bonds. The molecule has 0 saturated carbocycles. The third-order valence-corrected chi connectivity index (χ3v) is 5.08. The van der Waals surface area contributed by atoms with Gasteiger partial charge >= 0.3 is 0 Å². The van der Waals surface area contributed by atoms with E-state index in [0.717, 1.165) is 50.3 Å². The fourth-order valence-corrected chi connectivity index (χ4v) is 3.42. The van der Waals surface area contributed by atoms with Crippen LogP contribution in [0, 0.1) is 11.8 Å². The predicted octanol–water partition coefficient (Wildman–Crippen LogP) is 1.59. The molecular weight excluding hydrogens is 378 g/mol. The van der Waals surface area contributed by atoms with E-state index >= 15 is 0 Å². The monoisotopic (exact) mass is 403 g/mol. The number of nitrogen functional groups attached to an aromatic ring is 1. The number of piperazine rings is 1. The summed E-state index contributed by atoms with van der Waals surface area (Å²) in [5, 5.41) is 26.0. The first-order valence-corrected chi connectivity index (χ1v) is 10.0. The number of hydrogen-bond donors (Lipinski definition) is 3. The SMILES string of the molecule is Nc1nnc(-c2ccccc2O)cc1-c1cnn(CC#CCCN2CCNCC2)c1. The zero-order valence-electron chi connectivity index (χ0n) is 16.8. The Morgan fingerprint density at radius 1 is 1.10 bits per heavy atom. The number of benzene rings is 1. The molecule has 8 heteroatoms. The Balaban J connectivity index is 1.42. The van der Waals surface area contributed by atoms with E-state index in [0.29, 0.717) is 23.6 Å². The normalized spacial score (nSPS) is 14.3. The van der Waals surface area contributed by atoms with Crippen LogP contribution in [0.5, 0.6) is 5.75 Å². The molecule has 0 spiro atoms. The van der Waals surface area contributed by atoms with Crippen molar-refractivity contribution in [3.8, 4) is 40.0 Å². The summed E-state index contributed by atoms with van der Waals surface area (Å²) in [6.45, 7) is 5.83. The highest BCUT2D eigenvalue weighted by molar-refractivity contribution is 5.78. The second kappa shape index (κ2) is 9.39.